The number of hydrogen-bond acceptors (Lipinski definition) is 5. The lowest BCUT2D eigenvalue weighted by atomic mass is 9.80. The van der Waals surface area contributed by atoms with E-state index in [-0.39, 0.29) is 6.04 Å². The molecule has 1 fully saturated rings. The first-order chi connectivity index (χ1) is 11.0. The summed E-state index contributed by atoms with van der Waals surface area (Å²) >= 11 is 0. The second kappa shape index (κ2) is 5.87. The van der Waals surface area contributed by atoms with Crippen molar-refractivity contribution in [3.63, 3.8) is 0 Å². The van der Waals surface area contributed by atoms with Gasteiger partial charge in [-0.05, 0) is 34.4 Å². The largest absolute Gasteiger partial charge is 0.496 e. The molecule has 23 heavy (non-hydrogen) atoms. The summed E-state index contributed by atoms with van der Waals surface area (Å²) in [7, 11) is 9.60. The summed E-state index contributed by atoms with van der Waals surface area (Å²) in [6.45, 7) is 5.40. The summed E-state index contributed by atoms with van der Waals surface area (Å²) < 4.78 is 17.3. The highest BCUT2D eigenvalue weighted by Crippen LogP contribution is 2.52. The Morgan fingerprint density at radius 1 is 0.957 bits per heavy atom. The van der Waals surface area contributed by atoms with Gasteiger partial charge in [0.2, 0.25) is 0 Å². The molecule has 0 spiro atoms. The van der Waals surface area contributed by atoms with Crippen LogP contribution in [0.25, 0.3) is 0 Å². The molecule has 0 N–H and O–H groups in total. The van der Waals surface area contributed by atoms with Gasteiger partial charge in [0.25, 0.3) is 0 Å². The molecule has 5 nitrogen and oxygen atoms in total. The fourth-order valence-corrected chi connectivity index (χ4v) is 4.45. The SMILES string of the molecule is COc1c(C)c(OC)c(OC)c2c1CC1CN(C)[C@@H](C)C2N1C. The highest BCUT2D eigenvalue weighted by molar-refractivity contribution is 5.65. The minimum atomic E-state index is 0.279. The molecule has 2 heterocycles. The summed E-state index contributed by atoms with van der Waals surface area (Å²) in [4.78, 5) is 4.93. The van der Waals surface area contributed by atoms with Crippen LogP contribution < -0.4 is 14.2 Å². The Bertz CT molecular complexity index is 617. The molecule has 5 heteroatoms. The Morgan fingerprint density at radius 3 is 2.13 bits per heavy atom. The van der Waals surface area contributed by atoms with E-state index < -0.39 is 0 Å². The van der Waals surface area contributed by atoms with Crippen LogP contribution in [0.2, 0.25) is 0 Å². The highest BCUT2D eigenvalue weighted by atomic mass is 16.5. The monoisotopic (exact) mass is 320 g/mol. The maximum Gasteiger partial charge on any atom is 0.167 e. The molecule has 1 aromatic carbocycles. The standard InChI is InChI=1S/C18H28N2O3/c1-10-16(21-5)13-8-12-9-19(3)11(2)15(20(12)4)14(13)18(23-7)17(10)22-6/h11-12,15H,8-9H2,1-7H3/t11-,12?,15?/m0/s1. The average Bonchev–Trinajstić information content (AvgIpc) is 2.53. The van der Waals surface area contributed by atoms with E-state index in [1.165, 1.54) is 11.1 Å². The number of ether oxygens (including phenoxy) is 3. The third-order valence-corrected chi connectivity index (χ3v) is 5.74. The first kappa shape index (κ1) is 16.4. The first-order valence-electron chi connectivity index (χ1n) is 8.19. The van der Waals surface area contributed by atoms with Crippen LogP contribution in [0, 0.1) is 6.92 Å². The third kappa shape index (κ3) is 2.21. The second-order valence-electron chi connectivity index (χ2n) is 6.77. The smallest absolute Gasteiger partial charge is 0.167 e. The van der Waals surface area contributed by atoms with Crippen molar-refractivity contribution in [1.29, 1.82) is 0 Å². The number of hydrogen-bond donors (Lipinski definition) is 0. The van der Waals surface area contributed by atoms with Crippen molar-refractivity contribution in [1.82, 2.24) is 9.80 Å². The molecule has 0 saturated carbocycles. The molecule has 2 bridgehead atoms. The zero-order valence-electron chi connectivity index (χ0n) is 15.3. The lowest BCUT2D eigenvalue weighted by Crippen LogP contribution is -2.59. The Morgan fingerprint density at radius 2 is 1.57 bits per heavy atom. The van der Waals surface area contributed by atoms with Gasteiger partial charge in [0, 0.05) is 35.3 Å². The quantitative estimate of drug-likeness (QED) is 0.853. The average molecular weight is 320 g/mol. The maximum absolute atomic E-state index is 5.81. The van der Waals surface area contributed by atoms with Crippen LogP contribution in [0.15, 0.2) is 0 Å². The van der Waals surface area contributed by atoms with Crippen LogP contribution in [0.1, 0.15) is 29.7 Å². The molecule has 3 rings (SSSR count). The number of nitrogens with zero attached hydrogens (tertiary/aromatic N) is 2. The molecular formula is C18H28N2O3. The molecule has 2 aliphatic rings. The molecular weight excluding hydrogens is 292 g/mol. The fraction of sp³-hybridized carbons (Fsp3) is 0.667. The van der Waals surface area contributed by atoms with Crippen molar-refractivity contribution in [2.45, 2.75) is 38.4 Å². The first-order valence-corrected chi connectivity index (χ1v) is 8.19. The molecule has 0 radical (unpaired) electrons. The Labute approximate surface area is 139 Å². The summed E-state index contributed by atoms with van der Waals surface area (Å²) in [5, 5.41) is 0. The minimum absolute atomic E-state index is 0.279. The molecule has 3 atom stereocenters. The van der Waals surface area contributed by atoms with Crippen LogP contribution >= 0.6 is 0 Å². The number of piperazine rings is 1. The number of benzene rings is 1. The van der Waals surface area contributed by atoms with Crippen molar-refractivity contribution in [3.8, 4) is 17.2 Å². The van der Waals surface area contributed by atoms with Crippen LogP contribution in [-0.2, 0) is 6.42 Å². The van der Waals surface area contributed by atoms with Crippen molar-refractivity contribution >= 4 is 0 Å². The van der Waals surface area contributed by atoms with Gasteiger partial charge in [0.1, 0.15) is 5.75 Å². The van der Waals surface area contributed by atoms with E-state index in [9.17, 15) is 0 Å². The molecule has 128 valence electrons. The van der Waals surface area contributed by atoms with E-state index in [2.05, 4.69) is 30.8 Å². The minimum Gasteiger partial charge on any atom is -0.496 e. The number of rotatable bonds is 3. The van der Waals surface area contributed by atoms with Gasteiger partial charge in [-0.1, -0.05) is 0 Å². The van der Waals surface area contributed by atoms with Gasteiger partial charge in [-0.2, -0.15) is 0 Å². The van der Waals surface area contributed by atoms with Gasteiger partial charge in [-0.15, -0.1) is 0 Å². The van der Waals surface area contributed by atoms with Gasteiger partial charge in [-0.3, -0.25) is 4.90 Å². The van der Waals surface area contributed by atoms with Crippen LogP contribution in [0.3, 0.4) is 0 Å². The lowest BCUT2D eigenvalue weighted by Gasteiger charge is -2.52. The Kier molecular flexibility index (Phi) is 4.19. The van der Waals surface area contributed by atoms with Crippen LogP contribution in [-0.4, -0.2) is 63.9 Å². The zero-order valence-corrected chi connectivity index (χ0v) is 15.3. The molecule has 0 amide bonds. The summed E-state index contributed by atoms with van der Waals surface area (Å²) in [5.74, 6) is 2.60. The van der Waals surface area contributed by atoms with Crippen molar-refractivity contribution in [2.75, 3.05) is 42.0 Å². The predicted octanol–water partition coefficient (Wildman–Crippen LogP) is 2.25. The highest BCUT2D eigenvalue weighted by Gasteiger charge is 2.45. The lowest BCUT2D eigenvalue weighted by molar-refractivity contribution is 0.00243. The number of methoxy groups -OCH3 is 3. The normalized spacial score (nSPS) is 27.5. The Hall–Kier alpha value is -1.46. The number of likely N-dealkylation sites (N-methyl/N-ethyl adjacent to an activating group) is 2. The molecule has 2 aliphatic heterocycles. The third-order valence-electron chi connectivity index (χ3n) is 5.74. The summed E-state index contributed by atoms with van der Waals surface area (Å²) in [6.07, 6.45) is 0.976. The van der Waals surface area contributed by atoms with E-state index in [0.29, 0.717) is 12.1 Å². The van der Waals surface area contributed by atoms with Gasteiger partial charge in [-0.25, -0.2) is 0 Å². The van der Waals surface area contributed by atoms with Crippen LogP contribution in [0.5, 0.6) is 17.2 Å². The summed E-state index contributed by atoms with van der Waals surface area (Å²) in [5.41, 5.74) is 3.54. The topological polar surface area (TPSA) is 34.2 Å². The van der Waals surface area contributed by atoms with E-state index in [4.69, 9.17) is 14.2 Å². The summed E-state index contributed by atoms with van der Waals surface area (Å²) in [6, 6.07) is 1.18. The van der Waals surface area contributed by atoms with Gasteiger partial charge in [0.15, 0.2) is 11.5 Å². The van der Waals surface area contributed by atoms with Crippen molar-refractivity contribution in [3.05, 3.63) is 16.7 Å². The maximum atomic E-state index is 5.81. The number of fused-ring (bicyclic) bond motifs is 4. The Balaban J connectivity index is 2.31. The van der Waals surface area contributed by atoms with Crippen molar-refractivity contribution < 1.29 is 14.2 Å². The van der Waals surface area contributed by atoms with E-state index in [0.717, 1.165) is 35.8 Å². The van der Waals surface area contributed by atoms with Crippen LogP contribution in [0.4, 0.5) is 0 Å². The molecule has 0 aliphatic carbocycles. The van der Waals surface area contributed by atoms with Gasteiger partial charge >= 0.3 is 0 Å². The van der Waals surface area contributed by atoms with Crippen molar-refractivity contribution in [2.24, 2.45) is 0 Å². The molecule has 2 unspecified atom stereocenters. The fourth-order valence-electron chi connectivity index (χ4n) is 4.45. The molecule has 0 aromatic heterocycles. The van der Waals surface area contributed by atoms with Gasteiger partial charge in [0.05, 0.1) is 27.4 Å². The van der Waals surface area contributed by atoms with Gasteiger partial charge < -0.3 is 19.1 Å². The molecule has 1 saturated heterocycles. The van der Waals surface area contributed by atoms with E-state index in [1.54, 1.807) is 21.3 Å². The molecule has 1 aromatic rings. The van der Waals surface area contributed by atoms with E-state index >= 15 is 0 Å². The second-order valence-corrected chi connectivity index (χ2v) is 6.77. The predicted molar refractivity (Wildman–Crippen MR) is 90.9 cm³/mol. The van der Waals surface area contributed by atoms with E-state index in [1.807, 2.05) is 6.92 Å². The zero-order chi connectivity index (χ0) is 16.9.